The van der Waals surface area contributed by atoms with E-state index in [0.717, 1.165) is 44.8 Å². The van der Waals surface area contributed by atoms with E-state index in [4.69, 9.17) is 22.2 Å². The number of hydrogen-bond donors (Lipinski definition) is 2. The maximum Gasteiger partial charge on any atom is 0.0834 e. The molecule has 0 saturated heterocycles. The van der Waals surface area contributed by atoms with E-state index in [1.165, 1.54) is 0 Å². The highest BCUT2D eigenvalue weighted by Crippen LogP contribution is 2.25. The Morgan fingerprint density at radius 1 is 1.55 bits per heavy atom. The van der Waals surface area contributed by atoms with Crippen molar-refractivity contribution in [2.24, 2.45) is 5.84 Å². The molecule has 0 amide bonds. The molecule has 0 aliphatic heterocycles. The lowest BCUT2D eigenvalue weighted by molar-refractivity contribution is 0.140. The normalized spacial score (nSPS) is 13.1. The Kier molecular flexibility index (Phi) is 8.09. The third-order valence-corrected chi connectivity index (χ3v) is 3.40. The highest BCUT2D eigenvalue weighted by molar-refractivity contribution is 6.31. The van der Waals surface area contributed by atoms with E-state index in [-0.39, 0.29) is 6.04 Å². The van der Waals surface area contributed by atoms with Gasteiger partial charge in [-0.1, -0.05) is 11.6 Å². The average molecular weight is 304 g/mol. The Bertz CT molecular complexity index is 383. The monoisotopic (exact) mass is 303 g/mol. The first-order valence-electron chi connectivity index (χ1n) is 7.00. The van der Waals surface area contributed by atoms with Gasteiger partial charge in [-0.15, -0.1) is 0 Å². The van der Waals surface area contributed by atoms with E-state index in [0.29, 0.717) is 5.02 Å². The van der Waals surface area contributed by atoms with E-state index < -0.39 is 0 Å². The quantitative estimate of drug-likeness (QED) is 0.389. The number of ether oxygens (including phenoxy) is 1. The van der Waals surface area contributed by atoms with Gasteiger partial charge in [0.15, 0.2) is 0 Å². The molecule has 0 saturated carbocycles. The SMILES string of the molecule is CCOCCCC(NN)c1c(Cl)cnn1CCN(C)C. The maximum atomic E-state index is 6.25. The molecular weight excluding hydrogens is 278 g/mol. The van der Waals surface area contributed by atoms with Gasteiger partial charge in [0.2, 0.25) is 0 Å². The van der Waals surface area contributed by atoms with Crippen LogP contribution < -0.4 is 11.3 Å². The van der Waals surface area contributed by atoms with Crippen molar-refractivity contribution in [1.29, 1.82) is 0 Å². The zero-order valence-electron chi connectivity index (χ0n) is 12.6. The molecule has 1 heterocycles. The molecule has 1 aromatic heterocycles. The van der Waals surface area contributed by atoms with Crippen molar-refractivity contribution in [2.75, 3.05) is 33.9 Å². The second kappa shape index (κ2) is 9.31. The van der Waals surface area contributed by atoms with Crippen LogP contribution in [0.4, 0.5) is 0 Å². The molecule has 1 aromatic rings. The van der Waals surface area contributed by atoms with Crippen molar-refractivity contribution in [3.8, 4) is 0 Å². The molecule has 0 aliphatic carbocycles. The highest BCUT2D eigenvalue weighted by atomic mass is 35.5. The summed E-state index contributed by atoms with van der Waals surface area (Å²) in [5.41, 5.74) is 3.79. The summed E-state index contributed by atoms with van der Waals surface area (Å²) in [6.07, 6.45) is 3.47. The lowest BCUT2D eigenvalue weighted by Crippen LogP contribution is -2.31. The summed E-state index contributed by atoms with van der Waals surface area (Å²) in [6, 6.07) is -0.00683. The summed E-state index contributed by atoms with van der Waals surface area (Å²) in [7, 11) is 4.07. The summed E-state index contributed by atoms with van der Waals surface area (Å²) in [6.45, 7) is 5.16. The predicted octanol–water partition coefficient (Wildman–Crippen LogP) is 1.42. The van der Waals surface area contributed by atoms with Gasteiger partial charge < -0.3 is 9.64 Å². The van der Waals surface area contributed by atoms with E-state index in [1.807, 2.05) is 25.7 Å². The fourth-order valence-corrected chi connectivity index (χ4v) is 2.30. The van der Waals surface area contributed by atoms with E-state index in [9.17, 15) is 0 Å². The highest BCUT2D eigenvalue weighted by Gasteiger charge is 2.19. The van der Waals surface area contributed by atoms with Crippen LogP contribution in [-0.4, -0.2) is 48.5 Å². The molecule has 0 radical (unpaired) electrons. The first-order chi connectivity index (χ1) is 9.60. The van der Waals surface area contributed by atoms with E-state index in [2.05, 4.69) is 15.4 Å². The molecule has 116 valence electrons. The van der Waals surface area contributed by atoms with Crippen LogP contribution in [-0.2, 0) is 11.3 Å². The molecule has 0 aromatic carbocycles. The Morgan fingerprint density at radius 2 is 2.30 bits per heavy atom. The molecular formula is C13H26ClN5O. The molecule has 0 bridgehead atoms. The van der Waals surface area contributed by atoms with Crippen molar-refractivity contribution < 1.29 is 4.74 Å². The van der Waals surface area contributed by atoms with Gasteiger partial charge in [-0.05, 0) is 33.9 Å². The molecule has 1 atom stereocenters. The molecule has 7 heteroatoms. The van der Waals surface area contributed by atoms with Crippen LogP contribution >= 0.6 is 11.6 Å². The third kappa shape index (κ3) is 5.38. The fraction of sp³-hybridized carbons (Fsp3) is 0.769. The second-order valence-corrected chi connectivity index (χ2v) is 5.37. The molecule has 3 N–H and O–H groups in total. The van der Waals surface area contributed by atoms with Gasteiger partial charge in [0.05, 0.1) is 29.5 Å². The zero-order chi connectivity index (χ0) is 15.0. The Balaban J connectivity index is 2.67. The minimum atomic E-state index is -0.00683. The maximum absolute atomic E-state index is 6.25. The number of rotatable bonds is 10. The number of hydrogen-bond acceptors (Lipinski definition) is 5. The molecule has 1 unspecified atom stereocenters. The van der Waals surface area contributed by atoms with Crippen LogP contribution in [0.3, 0.4) is 0 Å². The minimum Gasteiger partial charge on any atom is -0.382 e. The van der Waals surface area contributed by atoms with Crippen molar-refractivity contribution >= 4 is 11.6 Å². The number of likely N-dealkylation sites (N-methyl/N-ethyl adjacent to an activating group) is 1. The first-order valence-corrected chi connectivity index (χ1v) is 7.37. The van der Waals surface area contributed by atoms with Crippen molar-refractivity contribution in [1.82, 2.24) is 20.1 Å². The summed E-state index contributed by atoms with van der Waals surface area (Å²) in [5.74, 6) is 5.67. The summed E-state index contributed by atoms with van der Waals surface area (Å²) < 4.78 is 7.28. The van der Waals surface area contributed by atoms with Gasteiger partial charge in [0.1, 0.15) is 0 Å². The summed E-state index contributed by atoms with van der Waals surface area (Å²) >= 11 is 6.25. The Morgan fingerprint density at radius 3 is 2.90 bits per heavy atom. The Labute approximate surface area is 126 Å². The molecule has 6 nitrogen and oxygen atoms in total. The summed E-state index contributed by atoms with van der Waals surface area (Å²) in [5, 5.41) is 4.99. The Hall–Kier alpha value is -0.660. The summed E-state index contributed by atoms with van der Waals surface area (Å²) in [4.78, 5) is 2.11. The molecule has 0 aliphatic rings. The van der Waals surface area contributed by atoms with Gasteiger partial charge in [-0.2, -0.15) is 5.10 Å². The van der Waals surface area contributed by atoms with Gasteiger partial charge >= 0.3 is 0 Å². The number of halogens is 1. The largest absolute Gasteiger partial charge is 0.382 e. The lowest BCUT2D eigenvalue weighted by atomic mass is 10.1. The van der Waals surface area contributed by atoms with Crippen LogP contribution in [0.1, 0.15) is 31.5 Å². The number of nitrogens with two attached hydrogens (primary N) is 1. The average Bonchev–Trinajstić information content (AvgIpc) is 2.78. The van der Waals surface area contributed by atoms with Gasteiger partial charge in [0.25, 0.3) is 0 Å². The van der Waals surface area contributed by atoms with Crippen LogP contribution in [0.15, 0.2) is 6.20 Å². The topological polar surface area (TPSA) is 68.3 Å². The first kappa shape index (κ1) is 17.4. The lowest BCUT2D eigenvalue weighted by Gasteiger charge is -2.19. The minimum absolute atomic E-state index is 0.00683. The number of nitrogens with zero attached hydrogens (tertiary/aromatic N) is 3. The number of nitrogens with one attached hydrogen (secondary N) is 1. The van der Waals surface area contributed by atoms with E-state index in [1.54, 1.807) is 6.20 Å². The number of aromatic nitrogens is 2. The molecule has 0 fully saturated rings. The zero-order valence-corrected chi connectivity index (χ0v) is 13.4. The van der Waals surface area contributed by atoms with Gasteiger partial charge in [-0.25, -0.2) is 0 Å². The number of hydrazine groups is 1. The van der Waals surface area contributed by atoms with Crippen LogP contribution in [0.2, 0.25) is 5.02 Å². The molecule has 20 heavy (non-hydrogen) atoms. The van der Waals surface area contributed by atoms with Crippen LogP contribution in [0, 0.1) is 0 Å². The standard InChI is InChI=1S/C13H26ClN5O/c1-4-20-9-5-6-12(17-15)13-11(14)10-16-19(13)8-7-18(2)3/h10,12,17H,4-9,15H2,1-3H3. The van der Waals surface area contributed by atoms with Crippen molar-refractivity contribution in [2.45, 2.75) is 32.4 Å². The van der Waals surface area contributed by atoms with Crippen LogP contribution in [0.5, 0.6) is 0 Å². The van der Waals surface area contributed by atoms with E-state index >= 15 is 0 Å². The fourth-order valence-electron chi connectivity index (χ4n) is 2.02. The smallest absolute Gasteiger partial charge is 0.0834 e. The van der Waals surface area contributed by atoms with Gasteiger partial charge in [0, 0.05) is 19.8 Å². The third-order valence-electron chi connectivity index (χ3n) is 3.11. The molecule has 1 rings (SSSR count). The predicted molar refractivity (Wildman–Crippen MR) is 81.6 cm³/mol. The molecule has 0 spiro atoms. The second-order valence-electron chi connectivity index (χ2n) is 4.96. The van der Waals surface area contributed by atoms with Crippen molar-refractivity contribution in [3.63, 3.8) is 0 Å². The van der Waals surface area contributed by atoms with Crippen LogP contribution in [0.25, 0.3) is 0 Å². The van der Waals surface area contributed by atoms with Gasteiger partial charge in [-0.3, -0.25) is 16.0 Å². The van der Waals surface area contributed by atoms with Crippen molar-refractivity contribution in [3.05, 3.63) is 16.9 Å².